The first-order valence-corrected chi connectivity index (χ1v) is 10.6. The molecule has 1 aromatic rings. The summed E-state index contributed by atoms with van der Waals surface area (Å²) in [6, 6.07) is 0.104. The molecule has 6 rings (SSSR count). The fourth-order valence-corrected chi connectivity index (χ4v) is 6.57. The summed E-state index contributed by atoms with van der Waals surface area (Å²) in [5.74, 6) is 1.87. The van der Waals surface area contributed by atoms with Crippen LogP contribution >= 0.6 is 11.6 Å². The smallest absolute Gasteiger partial charge is 0.312 e. The van der Waals surface area contributed by atoms with Gasteiger partial charge in [-0.1, -0.05) is 0 Å². The number of halogens is 1. The zero-order chi connectivity index (χ0) is 19.8. The first kappa shape index (κ1) is 18.3. The van der Waals surface area contributed by atoms with Crippen molar-refractivity contribution in [2.45, 2.75) is 70.9 Å². The van der Waals surface area contributed by atoms with E-state index < -0.39 is 5.60 Å². The largest absolute Gasteiger partial charge is 0.460 e. The Hall–Kier alpha value is -1.69. The number of hydrogen-bond donors (Lipinski definition) is 0. The van der Waals surface area contributed by atoms with E-state index in [1.54, 1.807) is 6.20 Å². The van der Waals surface area contributed by atoms with Gasteiger partial charge in [0.05, 0.1) is 11.8 Å². The molecule has 6 nitrogen and oxygen atoms in total. The van der Waals surface area contributed by atoms with E-state index in [1.807, 2.05) is 25.7 Å². The van der Waals surface area contributed by atoms with Crippen LogP contribution in [0.1, 0.15) is 58.4 Å². The zero-order valence-corrected chi connectivity index (χ0v) is 17.3. The molecule has 0 radical (unpaired) electrons. The van der Waals surface area contributed by atoms with Crippen LogP contribution < -0.4 is 4.90 Å². The summed E-state index contributed by atoms with van der Waals surface area (Å²) in [5, 5.41) is 0.174. The second-order valence-electron chi connectivity index (χ2n) is 10.2. The maximum Gasteiger partial charge on any atom is 0.312 e. The van der Waals surface area contributed by atoms with Crippen LogP contribution in [0.4, 0.5) is 5.82 Å². The van der Waals surface area contributed by atoms with E-state index in [0.717, 1.165) is 37.7 Å². The fraction of sp³-hybridized carbons (Fsp3) is 0.714. The monoisotopic (exact) mass is 403 g/mol. The van der Waals surface area contributed by atoms with Gasteiger partial charge in [0.1, 0.15) is 11.4 Å². The van der Waals surface area contributed by atoms with Gasteiger partial charge in [0.2, 0.25) is 11.2 Å². The Bertz CT molecular complexity index is 849. The average molecular weight is 404 g/mol. The van der Waals surface area contributed by atoms with Crippen LogP contribution in [0.2, 0.25) is 5.28 Å². The van der Waals surface area contributed by atoms with Crippen LogP contribution in [-0.2, 0) is 20.7 Å². The maximum absolute atomic E-state index is 13.1. The van der Waals surface area contributed by atoms with E-state index in [9.17, 15) is 9.59 Å². The van der Waals surface area contributed by atoms with E-state index in [4.69, 9.17) is 16.3 Å². The van der Waals surface area contributed by atoms with E-state index in [2.05, 4.69) is 9.97 Å². The van der Waals surface area contributed by atoms with Crippen molar-refractivity contribution in [2.75, 3.05) is 4.90 Å². The van der Waals surface area contributed by atoms with Crippen molar-refractivity contribution in [1.29, 1.82) is 0 Å². The van der Waals surface area contributed by atoms with Gasteiger partial charge >= 0.3 is 5.97 Å². The molecule has 4 aliphatic carbocycles. The first-order chi connectivity index (χ1) is 13.2. The van der Waals surface area contributed by atoms with E-state index >= 15 is 0 Å². The van der Waals surface area contributed by atoms with Crippen LogP contribution in [-0.4, -0.2) is 33.5 Å². The molecule has 1 aliphatic heterocycles. The molecule has 2 atom stereocenters. The average Bonchev–Trinajstić information content (AvgIpc) is 2.88. The van der Waals surface area contributed by atoms with Crippen LogP contribution in [0.5, 0.6) is 0 Å². The molecule has 2 unspecified atom stereocenters. The van der Waals surface area contributed by atoms with Crippen LogP contribution in [0, 0.1) is 23.2 Å². The Morgan fingerprint density at radius 1 is 1.25 bits per heavy atom. The number of hydrogen-bond acceptors (Lipinski definition) is 5. The van der Waals surface area contributed by atoms with E-state index in [0.29, 0.717) is 30.0 Å². The van der Waals surface area contributed by atoms with Crippen molar-refractivity contribution in [1.82, 2.24) is 9.97 Å². The third kappa shape index (κ3) is 2.75. The highest BCUT2D eigenvalue weighted by molar-refractivity contribution is 6.28. The molecule has 150 valence electrons. The van der Waals surface area contributed by atoms with Gasteiger partial charge in [-0.05, 0) is 82.2 Å². The predicted octanol–water partition coefficient (Wildman–Crippen LogP) is 3.56. The lowest BCUT2D eigenvalue weighted by atomic mass is 9.47. The van der Waals surface area contributed by atoms with Crippen molar-refractivity contribution in [3.8, 4) is 0 Å². The number of fused-ring (bicyclic) bond motifs is 1. The standard InChI is InChI=1S/C21H26ClN3O3/c1-20(2,3)28-18(27)21-7-11-4-12(8-21)16(13(5-11)9-21)25-15(26)6-14-10-23-19(22)24-17(14)25/h10-13,16H,4-9H2,1-3H3. The third-order valence-corrected chi connectivity index (χ3v) is 7.19. The fourth-order valence-electron chi connectivity index (χ4n) is 6.44. The van der Waals surface area contributed by atoms with E-state index in [-0.39, 0.29) is 28.6 Å². The minimum atomic E-state index is -0.475. The van der Waals surface area contributed by atoms with Crippen LogP contribution in [0.3, 0.4) is 0 Å². The molecule has 2 heterocycles. The molecule has 0 saturated heterocycles. The second kappa shape index (κ2) is 5.91. The number of anilines is 1. The molecule has 1 amide bonds. The molecule has 0 aromatic carbocycles. The SMILES string of the molecule is CC(C)(C)OC(=O)C12CC3CC(C1)C(N1C(=O)Cc4cnc(Cl)nc41)C(C3)C2. The number of nitrogens with zero attached hydrogens (tertiary/aromatic N) is 3. The molecule has 0 spiro atoms. The maximum atomic E-state index is 13.1. The Labute approximate surface area is 170 Å². The highest BCUT2D eigenvalue weighted by Gasteiger charge is 2.61. The number of amides is 1. The van der Waals surface area contributed by atoms with E-state index in [1.165, 1.54) is 0 Å². The Kier molecular flexibility index (Phi) is 3.87. The summed E-state index contributed by atoms with van der Waals surface area (Å²) in [6.07, 6.45) is 6.69. The van der Waals surface area contributed by atoms with Gasteiger partial charge in [0.15, 0.2) is 0 Å². The van der Waals surface area contributed by atoms with Gasteiger partial charge in [-0.15, -0.1) is 0 Å². The molecule has 4 fully saturated rings. The number of carbonyl (C=O) groups is 2. The van der Waals surface area contributed by atoms with Gasteiger partial charge in [-0.3, -0.25) is 14.5 Å². The number of aromatic nitrogens is 2. The van der Waals surface area contributed by atoms with Crippen LogP contribution in [0.15, 0.2) is 6.20 Å². The normalized spacial score (nSPS) is 36.0. The Morgan fingerprint density at radius 2 is 1.93 bits per heavy atom. The lowest BCUT2D eigenvalue weighted by Crippen LogP contribution is -2.62. The van der Waals surface area contributed by atoms with Gasteiger partial charge in [0.25, 0.3) is 0 Å². The summed E-state index contributed by atoms with van der Waals surface area (Å²) in [4.78, 5) is 36.3. The summed E-state index contributed by atoms with van der Waals surface area (Å²) >= 11 is 6.03. The molecule has 7 heteroatoms. The number of ether oxygens (including phenoxy) is 1. The van der Waals surface area contributed by atoms with Crippen LogP contribution in [0.25, 0.3) is 0 Å². The minimum Gasteiger partial charge on any atom is -0.460 e. The lowest BCUT2D eigenvalue weighted by molar-refractivity contribution is -0.184. The number of carbonyl (C=O) groups excluding carboxylic acids is 2. The van der Waals surface area contributed by atoms with Gasteiger partial charge in [0, 0.05) is 17.8 Å². The highest BCUT2D eigenvalue weighted by Crippen LogP contribution is 2.62. The van der Waals surface area contributed by atoms with Crippen molar-refractivity contribution in [3.05, 3.63) is 17.0 Å². The molecule has 0 N–H and O–H groups in total. The summed E-state index contributed by atoms with van der Waals surface area (Å²) in [6.45, 7) is 5.78. The quantitative estimate of drug-likeness (QED) is 0.557. The van der Waals surface area contributed by atoms with Crippen molar-refractivity contribution in [2.24, 2.45) is 23.2 Å². The highest BCUT2D eigenvalue weighted by atomic mass is 35.5. The summed E-state index contributed by atoms with van der Waals surface area (Å²) in [5.41, 5.74) is -0.00271. The third-order valence-electron chi connectivity index (χ3n) is 7.00. The zero-order valence-electron chi connectivity index (χ0n) is 16.6. The van der Waals surface area contributed by atoms with Crippen molar-refractivity contribution in [3.63, 3.8) is 0 Å². The molecule has 4 saturated carbocycles. The topological polar surface area (TPSA) is 72.4 Å². The number of rotatable bonds is 2. The molecular weight excluding hydrogens is 378 g/mol. The van der Waals surface area contributed by atoms with Gasteiger partial charge in [-0.2, -0.15) is 4.98 Å². The first-order valence-electron chi connectivity index (χ1n) is 10.2. The summed E-state index contributed by atoms with van der Waals surface area (Å²) in [7, 11) is 0. The molecule has 1 aromatic heterocycles. The number of esters is 1. The minimum absolute atomic E-state index is 0.0450. The van der Waals surface area contributed by atoms with Crippen molar-refractivity contribution >= 4 is 29.3 Å². The molecule has 5 aliphatic rings. The molecule has 4 bridgehead atoms. The predicted molar refractivity (Wildman–Crippen MR) is 104 cm³/mol. The Morgan fingerprint density at radius 3 is 2.57 bits per heavy atom. The van der Waals surface area contributed by atoms with Gasteiger partial charge < -0.3 is 4.74 Å². The van der Waals surface area contributed by atoms with Crippen molar-refractivity contribution < 1.29 is 14.3 Å². The lowest BCUT2D eigenvalue weighted by Gasteiger charge is -2.60. The second-order valence-corrected chi connectivity index (χ2v) is 10.5. The van der Waals surface area contributed by atoms with Gasteiger partial charge in [-0.25, -0.2) is 4.98 Å². The summed E-state index contributed by atoms with van der Waals surface area (Å²) < 4.78 is 5.82. The molecule has 28 heavy (non-hydrogen) atoms. The Balaban J connectivity index is 1.46. The molecular formula is C21H26ClN3O3.